The molecule has 0 bridgehead atoms. The largest absolute Gasteiger partial charge is 0.478 e. The van der Waals surface area contributed by atoms with E-state index in [2.05, 4.69) is 37.4 Å². The lowest BCUT2D eigenvalue weighted by Crippen LogP contribution is -2.05. The Balaban J connectivity index is 1.84. The van der Waals surface area contributed by atoms with Gasteiger partial charge in [-0.15, -0.1) is 0 Å². The topological polar surface area (TPSA) is 67.2 Å². The number of carboxylic acids is 1. The molecule has 4 rings (SSSR count). The molecule has 0 fully saturated rings. The highest BCUT2D eigenvalue weighted by molar-refractivity contribution is 5.87. The number of rotatable bonds is 3. The number of hydrogen-bond donors (Lipinski definition) is 2. The average molecular weight is 333 g/mol. The highest BCUT2D eigenvalue weighted by atomic mass is 16.4. The van der Waals surface area contributed by atoms with E-state index in [4.69, 9.17) is 10.2 Å². The summed E-state index contributed by atoms with van der Waals surface area (Å²) in [5.74, 6) is 0.0727. The van der Waals surface area contributed by atoms with Crippen molar-refractivity contribution in [1.82, 2.24) is 9.78 Å². The standard InChI is InChI=1S/C20H19N3O2/c1-12-9-13(2)11-15(10-12)18-17-7-8-21-19(17)23(22-18)16-5-3-14(4-6-16)20(24)25/h3-6,9-11,21H,7-8H2,1-2H3,(H,24,25). The zero-order chi connectivity index (χ0) is 17.6. The SMILES string of the molecule is Cc1cc(C)cc(-c2nn(-c3ccc(C(=O)O)cc3)c3c2CCN3)c1. The number of carbonyl (C=O) groups is 1. The molecule has 25 heavy (non-hydrogen) atoms. The van der Waals surface area contributed by atoms with Gasteiger partial charge in [0.15, 0.2) is 0 Å². The van der Waals surface area contributed by atoms with Gasteiger partial charge in [-0.25, -0.2) is 9.48 Å². The summed E-state index contributed by atoms with van der Waals surface area (Å²) in [5, 5.41) is 17.3. The van der Waals surface area contributed by atoms with Gasteiger partial charge in [0.05, 0.1) is 16.9 Å². The molecule has 126 valence electrons. The van der Waals surface area contributed by atoms with Gasteiger partial charge in [0.25, 0.3) is 0 Å². The number of aryl methyl sites for hydroxylation is 2. The monoisotopic (exact) mass is 333 g/mol. The molecule has 0 amide bonds. The van der Waals surface area contributed by atoms with E-state index in [1.807, 2.05) is 4.68 Å². The first kappa shape index (κ1) is 15.4. The second-order valence-electron chi connectivity index (χ2n) is 6.49. The van der Waals surface area contributed by atoms with Crippen LogP contribution in [0.25, 0.3) is 16.9 Å². The quantitative estimate of drug-likeness (QED) is 0.764. The molecule has 0 unspecified atom stereocenters. The van der Waals surface area contributed by atoms with E-state index in [-0.39, 0.29) is 5.56 Å². The number of fused-ring (bicyclic) bond motifs is 1. The fourth-order valence-electron chi connectivity index (χ4n) is 3.45. The third-order valence-corrected chi connectivity index (χ3v) is 4.50. The van der Waals surface area contributed by atoms with Crippen LogP contribution in [0.15, 0.2) is 42.5 Å². The molecule has 1 aliphatic rings. The average Bonchev–Trinajstić information content (AvgIpc) is 3.16. The molecular formula is C20H19N3O2. The van der Waals surface area contributed by atoms with Crippen LogP contribution in [-0.2, 0) is 6.42 Å². The minimum absolute atomic E-state index is 0.273. The lowest BCUT2D eigenvalue weighted by Gasteiger charge is -2.07. The smallest absolute Gasteiger partial charge is 0.335 e. The van der Waals surface area contributed by atoms with Crippen LogP contribution in [0.4, 0.5) is 5.82 Å². The number of nitrogens with one attached hydrogen (secondary N) is 1. The molecule has 1 aromatic heterocycles. The summed E-state index contributed by atoms with van der Waals surface area (Å²) in [5.41, 5.74) is 6.89. The Kier molecular flexibility index (Phi) is 3.57. The number of nitrogens with zero attached hydrogens (tertiary/aromatic N) is 2. The maximum absolute atomic E-state index is 11.1. The normalized spacial score (nSPS) is 12.7. The first-order chi connectivity index (χ1) is 12.0. The van der Waals surface area contributed by atoms with Crippen molar-refractivity contribution in [3.8, 4) is 16.9 Å². The molecule has 2 aromatic carbocycles. The van der Waals surface area contributed by atoms with E-state index < -0.39 is 5.97 Å². The summed E-state index contributed by atoms with van der Waals surface area (Å²) < 4.78 is 1.88. The molecule has 0 radical (unpaired) electrons. The maximum atomic E-state index is 11.1. The molecule has 0 spiro atoms. The number of hydrogen-bond acceptors (Lipinski definition) is 3. The lowest BCUT2D eigenvalue weighted by molar-refractivity contribution is 0.0697. The Morgan fingerprint density at radius 3 is 2.44 bits per heavy atom. The first-order valence-corrected chi connectivity index (χ1v) is 8.31. The van der Waals surface area contributed by atoms with Crippen molar-refractivity contribution in [2.75, 3.05) is 11.9 Å². The summed E-state index contributed by atoms with van der Waals surface area (Å²) in [4.78, 5) is 11.1. The summed E-state index contributed by atoms with van der Waals surface area (Å²) in [6, 6.07) is 13.3. The third-order valence-electron chi connectivity index (χ3n) is 4.50. The molecule has 1 aliphatic heterocycles. The molecule has 2 N–H and O–H groups in total. The summed E-state index contributed by atoms with van der Waals surface area (Å²) in [6.07, 6.45) is 0.935. The van der Waals surface area contributed by atoms with Crippen LogP contribution in [0.2, 0.25) is 0 Å². The number of aromatic nitrogens is 2. The van der Waals surface area contributed by atoms with Gasteiger partial charge < -0.3 is 10.4 Å². The van der Waals surface area contributed by atoms with Gasteiger partial charge in [0, 0.05) is 17.7 Å². The van der Waals surface area contributed by atoms with Crippen molar-refractivity contribution in [2.45, 2.75) is 20.3 Å². The zero-order valence-electron chi connectivity index (χ0n) is 14.2. The third kappa shape index (κ3) is 2.67. The van der Waals surface area contributed by atoms with Crippen LogP contribution in [0.5, 0.6) is 0 Å². The molecule has 0 atom stereocenters. The molecule has 0 saturated heterocycles. The van der Waals surface area contributed by atoms with Crippen LogP contribution >= 0.6 is 0 Å². The predicted molar refractivity (Wildman–Crippen MR) is 97.6 cm³/mol. The Morgan fingerprint density at radius 2 is 1.80 bits per heavy atom. The fraction of sp³-hybridized carbons (Fsp3) is 0.200. The van der Waals surface area contributed by atoms with E-state index in [9.17, 15) is 4.79 Å². The highest BCUT2D eigenvalue weighted by Crippen LogP contribution is 2.35. The Labute approximate surface area is 145 Å². The van der Waals surface area contributed by atoms with Gasteiger partial charge in [0.1, 0.15) is 5.82 Å². The highest BCUT2D eigenvalue weighted by Gasteiger charge is 2.24. The number of aromatic carboxylic acids is 1. The number of carboxylic acid groups (broad SMARTS) is 1. The van der Waals surface area contributed by atoms with Crippen molar-refractivity contribution in [1.29, 1.82) is 0 Å². The van der Waals surface area contributed by atoms with Crippen LogP contribution < -0.4 is 5.32 Å². The van der Waals surface area contributed by atoms with Gasteiger partial charge >= 0.3 is 5.97 Å². The van der Waals surface area contributed by atoms with Crippen LogP contribution in [0.1, 0.15) is 27.0 Å². The van der Waals surface area contributed by atoms with Crippen molar-refractivity contribution < 1.29 is 9.90 Å². The minimum atomic E-state index is -0.925. The number of anilines is 1. The molecule has 0 aliphatic carbocycles. The van der Waals surface area contributed by atoms with Gasteiger partial charge in [0.2, 0.25) is 0 Å². The van der Waals surface area contributed by atoms with Gasteiger partial charge in [-0.3, -0.25) is 0 Å². The Morgan fingerprint density at radius 1 is 1.12 bits per heavy atom. The molecule has 5 nitrogen and oxygen atoms in total. The van der Waals surface area contributed by atoms with Crippen molar-refractivity contribution in [3.05, 3.63) is 64.7 Å². The van der Waals surface area contributed by atoms with E-state index in [1.54, 1.807) is 24.3 Å². The number of benzene rings is 2. The second-order valence-corrected chi connectivity index (χ2v) is 6.49. The van der Waals surface area contributed by atoms with Crippen molar-refractivity contribution in [3.63, 3.8) is 0 Å². The van der Waals surface area contributed by atoms with Gasteiger partial charge in [-0.1, -0.05) is 17.2 Å². The molecule has 3 aromatic rings. The Bertz CT molecular complexity index is 951. The fourth-order valence-corrected chi connectivity index (χ4v) is 3.45. The molecule has 5 heteroatoms. The molecular weight excluding hydrogens is 314 g/mol. The van der Waals surface area contributed by atoms with Gasteiger partial charge in [-0.05, 0) is 56.7 Å². The van der Waals surface area contributed by atoms with Crippen LogP contribution in [0.3, 0.4) is 0 Å². The van der Waals surface area contributed by atoms with E-state index in [1.165, 1.54) is 16.7 Å². The van der Waals surface area contributed by atoms with E-state index in [0.29, 0.717) is 0 Å². The summed E-state index contributed by atoms with van der Waals surface area (Å²) in [7, 11) is 0. The van der Waals surface area contributed by atoms with Crippen LogP contribution in [-0.4, -0.2) is 27.4 Å². The van der Waals surface area contributed by atoms with Gasteiger partial charge in [-0.2, -0.15) is 5.10 Å². The van der Waals surface area contributed by atoms with Crippen LogP contribution in [0, 0.1) is 13.8 Å². The lowest BCUT2D eigenvalue weighted by atomic mass is 10.0. The maximum Gasteiger partial charge on any atom is 0.335 e. The van der Waals surface area contributed by atoms with Crippen molar-refractivity contribution in [2.24, 2.45) is 0 Å². The first-order valence-electron chi connectivity index (χ1n) is 8.31. The minimum Gasteiger partial charge on any atom is -0.478 e. The van der Waals surface area contributed by atoms with E-state index in [0.717, 1.165) is 35.7 Å². The zero-order valence-corrected chi connectivity index (χ0v) is 14.2. The molecule has 0 saturated carbocycles. The van der Waals surface area contributed by atoms with Crippen molar-refractivity contribution >= 4 is 11.8 Å². The van der Waals surface area contributed by atoms with E-state index >= 15 is 0 Å². The Hall–Kier alpha value is -3.08. The summed E-state index contributed by atoms with van der Waals surface area (Å²) in [6.45, 7) is 5.07. The summed E-state index contributed by atoms with van der Waals surface area (Å²) >= 11 is 0. The molecule has 2 heterocycles. The predicted octanol–water partition coefficient (Wildman–Crippen LogP) is 3.82. The second kappa shape index (κ2) is 5.77.